The molecule has 1 fully saturated rings. The lowest BCUT2D eigenvalue weighted by molar-refractivity contribution is 0.0671. The molecule has 2 aromatic rings. The van der Waals surface area contributed by atoms with Crippen molar-refractivity contribution >= 4 is 17.6 Å². The van der Waals surface area contributed by atoms with E-state index in [0.717, 1.165) is 18.5 Å². The van der Waals surface area contributed by atoms with Gasteiger partial charge in [0, 0.05) is 37.4 Å². The third kappa shape index (κ3) is 4.21. The number of amides is 3. The smallest absolute Gasteiger partial charge is 0.321 e. The molecule has 3 amide bonds. The van der Waals surface area contributed by atoms with Gasteiger partial charge >= 0.3 is 6.03 Å². The summed E-state index contributed by atoms with van der Waals surface area (Å²) in [5.74, 6) is 0.640. The van der Waals surface area contributed by atoms with Crippen LogP contribution in [0, 0.1) is 0 Å². The number of benzene rings is 2. The van der Waals surface area contributed by atoms with Crippen molar-refractivity contribution in [3.05, 3.63) is 59.2 Å². The molecule has 0 bridgehead atoms. The number of carbonyl (C=O) groups is 2. The van der Waals surface area contributed by atoms with Gasteiger partial charge < -0.3 is 19.9 Å². The van der Waals surface area contributed by atoms with E-state index < -0.39 is 0 Å². The molecule has 2 aliphatic rings. The summed E-state index contributed by atoms with van der Waals surface area (Å²) in [5.41, 5.74) is 4.17. The minimum atomic E-state index is -0.0857. The molecule has 1 aliphatic heterocycles. The third-order valence-corrected chi connectivity index (χ3v) is 5.81. The Morgan fingerprint density at radius 1 is 0.931 bits per heavy atom. The summed E-state index contributed by atoms with van der Waals surface area (Å²) in [6.45, 7) is 2.10. The molecule has 4 rings (SSSR count). The number of fused-ring (bicyclic) bond motifs is 1. The standard InChI is InChI=1S/C23H27N3O3/c1-29-19-9-4-8-18(16-19)22(27)25-12-14-26(15-13-25)23(28)24-21-11-5-7-17-6-2-3-10-20(17)21/h4-5,7-9,11,16H,2-3,6,10,12-15H2,1H3,(H,24,28). The van der Waals surface area contributed by atoms with Gasteiger partial charge in [0.25, 0.3) is 5.91 Å². The molecule has 1 heterocycles. The maximum absolute atomic E-state index is 12.8. The van der Waals surface area contributed by atoms with Gasteiger partial charge in [-0.2, -0.15) is 0 Å². The fraction of sp³-hybridized carbons (Fsp3) is 0.391. The molecule has 0 spiro atoms. The van der Waals surface area contributed by atoms with Crippen molar-refractivity contribution in [2.24, 2.45) is 0 Å². The van der Waals surface area contributed by atoms with Gasteiger partial charge in [-0.05, 0) is 61.1 Å². The lowest BCUT2D eigenvalue weighted by Crippen LogP contribution is -2.51. The zero-order valence-corrected chi connectivity index (χ0v) is 16.8. The van der Waals surface area contributed by atoms with Gasteiger partial charge in [0.1, 0.15) is 5.75 Å². The predicted molar refractivity (Wildman–Crippen MR) is 113 cm³/mol. The number of piperazine rings is 1. The van der Waals surface area contributed by atoms with Gasteiger partial charge in [-0.25, -0.2) is 4.79 Å². The van der Waals surface area contributed by atoms with Crippen LogP contribution in [-0.4, -0.2) is 55.0 Å². The van der Waals surface area contributed by atoms with Crippen molar-refractivity contribution in [1.29, 1.82) is 0 Å². The first-order valence-electron chi connectivity index (χ1n) is 10.3. The molecule has 0 aromatic heterocycles. The quantitative estimate of drug-likeness (QED) is 0.867. The average Bonchev–Trinajstić information content (AvgIpc) is 2.79. The van der Waals surface area contributed by atoms with Gasteiger partial charge in [0.05, 0.1) is 7.11 Å². The van der Waals surface area contributed by atoms with Crippen molar-refractivity contribution < 1.29 is 14.3 Å². The van der Waals surface area contributed by atoms with Crippen LogP contribution in [0.3, 0.4) is 0 Å². The average molecular weight is 393 g/mol. The number of hydrogen-bond acceptors (Lipinski definition) is 3. The predicted octanol–water partition coefficient (Wildman–Crippen LogP) is 3.56. The second-order valence-corrected chi connectivity index (χ2v) is 7.59. The first-order valence-corrected chi connectivity index (χ1v) is 10.3. The molecule has 2 aromatic carbocycles. The zero-order valence-electron chi connectivity index (χ0n) is 16.8. The monoisotopic (exact) mass is 393 g/mol. The van der Waals surface area contributed by atoms with Crippen LogP contribution in [0.2, 0.25) is 0 Å². The molecule has 0 saturated carbocycles. The van der Waals surface area contributed by atoms with Crippen molar-refractivity contribution in [2.75, 3.05) is 38.6 Å². The summed E-state index contributed by atoms with van der Waals surface area (Å²) in [5, 5.41) is 3.10. The summed E-state index contributed by atoms with van der Waals surface area (Å²) in [6, 6.07) is 13.3. The van der Waals surface area contributed by atoms with E-state index >= 15 is 0 Å². The molecule has 6 heteroatoms. The molecule has 29 heavy (non-hydrogen) atoms. The van der Waals surface area contributed by atoms with E-state index in [2.05, 4.69) is 11.4 Å². The number of anilines is 1. The van der Waals surface area contributed by atoms with E-state index in [9.17, 15) is 9.59 Å². The Morgan fingerprint density at radius 3 is 2.45 bits per heavy atom. The number of rotatable bonds is 3. The number of nitrogens with one attached hydrogen (secondary N) is 1. The van der Waals surface area contributed by atoms with E-state index in [1.165, 1.54) is 24.0 Å². The molecule has 152 valence electrons. The van der Waals surface area contributed by atoms with E-state index in [1.54, 1.807) is 29.0 Å². The van der Waals surface area contributed by atoms with Gasteiger partial charge in [0.2, 0.25) is 0 Å². The number of urea groups is 1. The van der Waals surface area contributed by atoms with Crippen molar-refractivity contribution in [1.82, 2.24) is 9.80 Å². The van der Waals surface area contributed by atoms with Crippen LogP contribution in [0.5, 0.6) is 5.75 Å². The molecule has 0 unspecified atom stereocenters. The van der Waals surface area contributed by atoms with E-state index in [4.69, 9.17) is 4.74 Å². The summed E-state index contributed by atoms with van der Waals surface area (Å²) in [7, 11) is 1.59. The number of methoxy groups -OCH3 is 1. The maximum Gasteiger partial charge on any atom is 0.321 e. The van der Waals surface area contributed by atoms with Gasteiger partial charge in [-0.15, -0.1) is 0 Å². The van der Waals surface area contributed by atoms with Crippen LogP contribution < -0.4 is 10.1 Å². The van der Waals surface area contributed by atoms with Crippen molar-refractivity contribution in [2.45, 2.75) is 25.7 Å². The minimum absolute atomic E-state index is 0.0268. The lowest BCUT2D eigenvalue weighted by atomic mass is 9.90. The molecule has 0 atom stereocenters. The number of aryl methyl sites for hydroxylation is 1. The fourth-order valence-electron chi connectivity index (χ4n) is 4.14. The van der Waals surface area contributed by atoms with Crippen LogP contribution in [-0.2, 0) is 12.8 Å². The van der Waals surface area contributed by atoms with Crippen molar-refractivity contribution in [3.63, 3.8) is 0 Å². The molecule has 6 nitrogen and oxygen atoms in total. The normalized spacial score (nSPS) is 16.2. The van der Waals surface area contributed by atoms with E-state index in [-0.39, 0.29) is 11.9 Å². The number of carbonyl (C=O) groups excluding carboxylic acids is 2. The van der Waals surface area contributed by atoms with Crippen LogP contribution >= 0.6 is 0 Å². The zero-order chi connectivity index (χ0) is 20.2. The fourth-order valence-corrected chi connectivity index (χ4v) is 4.14. The van der Waals surface area contributed by atoms with Crippen LogP contribution in [0.15, 0.2) is 42.5 Å². The first kappa shape index (κ1) is 19.3. The highest BCUT2D eigenvalue weighted by molar-refractivity contribution is 5.95. The van der Waals surface area contributed by atoms with Gasteiger partial charge in [-0.3, -0.25) is 4.79 Å². The second kappa shape index (κ2) is 8.55. The second-order valence-electron chi connectivity index (χ2n) is 7.59. The Labute approximate surface area is 171 Å². The first-order chi connectivity index (χ1) is 14.2. The number of hydrogen-bond donors (Lipinski definition) is 1. The van der Waals surface area contributed by atoms with Crippen molar-refractivity contribution in [3.8, 4) is 5.75 Å². The summed E-state index contributed by atoms with van der Waals surface area (Å²) in [6.07, 6.45) is 4.50. The number of nitrogens with zero attached hydrogens (tertiary/aromatic N) is 2. The summed E-state index contributed by atoms with van der Waals surface area (Å²) >= 11 is 0. The Morgan fingerprint density at radius 2 is 1.66 bits per heavy atom. The Bertz CT molecular complexity index is 904. The molecule has 1 N–H and O–H groups in total. The van der Waals surface area contributed by atoms with Crippen LogP contribution in [0.4, 0.5) is 10.5 Å². The summed E-state index contributed by atoms with van der Waals surface area (Å²) < 4.78 is 5.21. The highest BCUT2D eigenvalue weighted by Crippen LogP contribution is 2.28. The largest absolute Gasteiger partial charge is 0.497 e. The maximum atomic E-state index is 12.8. The lowest BCUT2D eigenvalue weighted by Gasteiger charge is -2.35. The highest BCUT2D eigenvalue weighted by atomic mass is 16.5. The topological polar surface area (TPSA) is 61.9 Å². The molecule has 0 radical (unpaired) electrons. The van der Waals surface area contributed by atoms with Gasteiger partial charge in [-0.1, -0.05) is 18.2 Å². The van der Waals surface area contributed by atoms with Gasteiger partial charge in [0.15, 0.2) is 0 Å². The molecule has 1 saturated heterocycles. The highest BCUT2D eigenvalue weighted by Gasteiger charge is 2.26. The van der Waals surface area contributed by atoms with Crippen LogP contribution in [0.25, 0.3) is 0 Å². The molecular weight excluding hydrogens is 366 g/mol. The Balaban J connectivity index is 1.36. The van der Waals surface area contributed by atoms with Crippen LogP contribution in [0.1, 0.15) is 34.3 Å². The Hall–Kier alpha value is -3.02. The summed E-state index contributed by atoms with van der Waals surface area (Å²) in [4.78, 5) is 29.1. The Kier molecular flexibility index (Phi) is 5.69. The minimum Gasteiger partial charge on any atom is -0.497 e. The number of ether oxygens (including phenoxy) is 1. The van der Waals surface area contributed by atoms with E-state index in [1.807, 2.05) is 24.3 Å². The molecular formula is C23H27N3O3. The van der Waals surface area contributed by atoms with E-state index in [0.29, 0.717) is 37.5 Å². The molecule has 1 aliphatic carbocycles. The third-order valence-electron chi connectivity index (χ3n) is 5.81. The SMILES string of the molecule is COc1cccc(C(=O)N2CCN(C(=O)Nc3cccc4c3CCCC4)CC2)c1.